The van der Waals surface area contributed by atoms with Crippen molar-refractivity contribution < 1.29 is 14.6 Å². The number of nitrogens with zero attached hydrogens (tertiary/aromatic N) is 1. The molecule has 1 fully saturated rings. The third kappa shape index (κ3) is 7.56. The van der Waals surface area contributed by atoms with Crippen LogP contribution in [0.4, 0.5) is 0 Å². The maximum atomic E-state index is 10.1. The Morgan fingerprint density at radius 3 is 2.48 bits per heavy atom. The van der Waals surface area contributed by atoms with Crippen molar-refractivity contribution in [3.63, 3.8) is 0 Å². The quantitative estimate of drug-likeness (QED) is 0.633. The molecule has 0 aliphatic carbocycles. The topological polar surface area (TPSA) is 54.0 Å². The van der Waals surface area contributed by atoms with Gasteiger partial charge in [-0.1, -0.05) is 6.92 Å². The van der Waals surface area contributed by atoms with Gasteiger partial charge in [0.2, 0.25) is 0 Å². The fraction of sp³-hybridized carbons (Fsp3) is 1.00. The Kier molecular flexibility index (Phi) is 9.44. The highest BCUT2D eigenvalue weighted by Gasteiger charge is 2.24. The number of piperidine rings is 1. The summed E-state index contributed by atoms with van der Waals surface area (Å²) >= 11 is 0. The summed E-state index contributed by atoms with van der Waals surface area (Å²) in [5.74, 6) is 0.760. The van der Waals surface area contributed by atoms with E-state index in [0.29, 0.717) is 25.8 Å². The molecule has 21 heavy (non-hydrogen) atoms. The van der Waals surface area contributed by atoms with Gasteiger partial charge in [-0.15, -0.1) is 0 Å². The van der Waals surface area contributed by atoms with E-state index in [1.54, 1.807) is 7.11 Å². The van der Waals surface area contributed by atoms with Crippen LogP contribution in [0.5, 0.6) is 0 Å². The lowest BCUT2D eigenvalue weighted by Gasteiger charge is -2.36. The summed E-state index contributed by atoms with van der Waals surface area (Å²) in [6, 6.07) is 0.598. The summed E-state index contributed by atoms with van der Waals surface area (Å²) in [7, 11) is 1.66. The standard InChI is InChI=1S/C16H34N2O3/c1-5-17-14(3)15-6-8-18(9-7-15)10-16(19)12-21-13(2)11-20-4/h13-17,19H,5-12H2,1-4H3. The van der Waals surface area contributed by atoms with Crippen molar-refractivity contribution >= 4 is 0 Å². The van der Waals surface area contributed by atoms with Gasteiger partial charge in [0.1, 0.15) is 0 Å². The zero-order valence-electron chi connectivity index (χ0n) is 14.2. The predicted molar refractivity (Wildman–Crippen MR) is 85.6 cm³/mol. The van der Waals surface area contributed by atoms with E-state index in [2.05, 4.69) is 24.1 Å². The number of β-amino-alcohol motifs (C(OH)–C–C–N with tert-alkyl or cyclic N) is 1. The first-order valence-electron chi connectivity index (χ1n) is 8.31. The largest absolute Gasteiger partial charge is 0.389 e. The molecule has 1 aliphatic rings. The fourth-order valence-electron chi connectivity index (χ4n) is 3.03. The van der Waals surface area contributed by atoms with Crippen LogP contribution in [0, 0.1) is 5.92 Å². The Bertz CT molecular complexity index is 258. The van der Waals surface area contributed by atoms with Gasteiger partial charge in [0.05, 0.1) is 25.4 Å². The van der Waals surface area contributed by atoms with Crippen molar-refractivity contribution in [1.29, 1.82) is 0 Å². The van der Waals surface area contributed by atoms with Crippen molar-refractivity contribution in [2.45, 2.75) is 51.9 Å². The van der Waals surface area contributed by atoms with Crippen molar-refractivity contribution in [3.8, 4) is 0 Å². The zero-order chi connectivity index (χ0) is 15.7. The summed E-state index contributed by atoms with van der Waals surface area (Å²) in [6.45, 7) is 11.3. The van der Waals surface area contributed by atoms with E-state index in [1.807, 2.05) is 6.92 Å². The normalized spacial score (nSPS) is 22.1. The van der Waals surface area contributed by atoms with Gasteiger partial charge >= 0.3 is 0 Å². The van der Waals surface area contributed by atoms with E-state index < -0.39 is 6.10 Å². The maximum absolute atomic E-state index is 10.1. The van der Waals surface area contributed by atoms with Gasteiger partial charge in [0.25, 0.3) is 0 Å². The van der Waals surface area contributed by atoms with E-state index in [1.165, 1.54) is 12.8 Å². The van der Waals surface area contributed by atoms with Gasteiger partial charge in [0.15, 0.2) is 0 Å². The number of aliphatic hydroxyl groups is 1. The lowest BCUT2D eigenvalue weighted by atomic mass is 9.90. The van der Waals surface area contributed by atoms with E-state index in [4.69, 9.17) is 9.47 Å². The molecule has 0 radical (unpaired) electrons. The molecule has 5 nitrogen and oxygen atoms in total. The molecular formula is C16H34N2O3. The molecule has 0 saturated carbocycles. The van der Waals surface area contributed by atoms with Crippen LogP contribution in [0.2, 0.25) is 0 Å². The molecule has 0 bridgehead atoms. The average molecular weight is 302 g/mol. The van der Waals surface area contributed by atoms with Gasteiger partial charge in [-0.05, 0) is 52.2 Å². The van der Waals surface area contributed by atoms with Crippen LogP contribution in [0.3, 0.4) is 0 Å². The average Bonchev–Trinajstić information content (AvgIpc) is 2.46. The van der Waals surface area contributed by atoms with Gasteiger partial charge in [0, 0.05) is 19.7 Å². The molecule has 1 heterocycles. The summed E-state index contributed by atoms with van der Waals surface area (Å²) in [6.07, 6.45) is 2.05. The number of methoxy groups -OCH3 is 1. The lowest BCUT2D eigenvalue weighted by molar-refractivity contribution is -0.0420. The minimum atomic E-state index is -0.410. The highest BCUT2D eigenvalue weighted by Crippen LogP contribution is 2.20. The van der Waals surface area contributed by atoms with Crippen molar-refractivity contribution in [3.05, 3.63) is 0 Å². The van der Waals surface area contributed by atoms with Crippen LogP contribution in [0.25, 0.3) is 0 Å². The molecule has 0 aromatic heterocycles. The lowest BCUT2D eigenvalue weighted by Crippen LogP contribution is -2.44. The maximum Gasteiger partial charge on any atom is 0.0900 e. The molecule has 126 valence electrons. The van der Waals surface area contributed by atoms with Crippen molar-refractivity contribution in [2.75, 3.05) is 46.5 Å². The van der Waals surface area contributed by atoms with Gasteiger partial charge < -0.3 is 24.8 Å². The molecule has 0 amide bonds. The van der Waals surface area contributed by atoms with Crippen LogP contribution in [-0.4, -0.2) is 74.8 Å². The van der Waals surface area contributed by atoms with Crippen LogP contribution in [0.15, 0.2) is 0 Å². The zero-order valence-corrected chi connectivity index (χ0v) is 14.2. The van der Waals surface area contributed by atoms with Crippen LogP contribution in [-0.2, 0) is 9.47 Å². The SMILES string of the molecule is CCNC(C)C1CCN(CC(O)COC(C)COC)CC1. The van der Waals surface area contributed by atoms with Crippen LogP contribution in [0.1, 0.15) is 33.6 Å². The van der Waals surface area contributed by atoms with Crippen LogP contribution < -0.4 is 5.32 Å². The van der Waals surface area contributed by atoms with Crippen LogP contribution >= 0.6 is 0 Å². The first-order valence-corrected chi connectivity index (χ1v) is 8.31. The monoisotopic (exact) mass is 302 g/mol. The fourth-order valence-corrected chi connectivity index (χ4v) is 3.03. The molecule has 5 heteroatoms. The Labute approximate surface area is 130 Å². The molecule has 1 saturated heterocycles. The number of hydrogen-bond acceptors (Lipinski definition) is 5. The summed E-state index contributed by atoms with van der Waals surface area (Å²) < 4.78 is 10.6. The highest BCUT2D eigenvalue weighted by molar-refractivity contribution is 4.80. The molecule has 2 N–H and O–H groups in total. The van der Waals surface area contributed by atoms with Gasteiger partial charge in [-0.25, -0.2) is 0 Å². The first-order chi connectivity index (χ1) is 10.1. The van der Waals surface area contributed by atoms with Gasteiger partial charge in [-0.3, -0.25) is 0 Å². The number of likely N-dealkylation sites (tertiary alicyclic amines) is 1. The number of ether oxygens (including phenoxy) is 2. The van der Waals surface area contributed by atoms with E-state index in [9.17, 15) is 5.11 Å². The highest BCUT2D eigenvalue weighted by atomic mass is 16.5. The summed E-state index contributed by atoms with van der Waals surface area (Å²) in [4.78, 5) is 2.35. The second-order valence-corrected chi connectivity index (χ2v) is 6.24. The predicted octanol–water partition coefficient (Wildman–Crippen LogP) is 1.11. The molecular weight excluding hydrogens is 268 g/mol. The molecule has 3 atom stereocenters. The van der Waals surface area contributed by atoms with E-state index in [-0.39, 0.29) is 6.10 Å². The first kappa shape index (κ1) is 18.8. The second kappa shape index (κ2) is 10.5. The molecule has 1 aliphatic heterocycles. The Morgan fingerprint density at radius 1 is 1.24 bits per heavy atom. The molecule has 0 aromatic carbocycles. The Hall–Kier alpha value is -0.200. The number of rotatable bonds is 10. The molecule has 0 spiro atoms. The minimum Gasteiger partial charge on any atom is -0.389 e. The Morgan fingerprint density at radius 2 is 1.90 bits per heavy atom. The number of aliphatic hydroxyl groups excluding tert-OH is 1. The number of hydrogen-bond donors (Lipinski definition) is 2. The minimum absolute atomic E-state index is 0.0383. The molecule has 1 rings (SSSR count). The third-order valence-electron chi connectivity index (χ3n) is 4.31. The van der Waals surface area contributed by atoms with Crippen molar-refractivity contribution in [1.82, 2.24) is 10.2 Å². The van der Waals surface area contributed by atoms with Gasteiger partial charge in [-0.2, -0.15) is 0 Å². The van der Waals surface area contributed by atoms with E-state index >= 15 is 0 Å². The molecule has 3 unspecified atom stereocenters. The Balaban J connectivity index is 2.16. The van der Waals surface area contributed by atoms with E-state index in [0.717, 1.165) is 25.6 Å². The molecule has 0 aromatic rings. The second-order valence-electron chi connectivity index (χ2n) is 6.24. The summed E-state index contributed by atoms with van der Waals surface area (Å²) in [5.41, 5.74) is 0. The third-order valence-corrected chi connectivity index (χ3v) is 4.31. The summed E-state index contributed by atoms with van der Waals surface area (Å²) in [5, 5.41) is 13.6. The smallest absolute Gasteiger partial charge is 0.0900 e. The van der Waals surface area contributed by atoms with Crippen molar-refractivity contribution in [2.24, 2.45) is 5.92 Å². The number of nitrogens with one attached hydrogen (secondary N) is 1.